The molecule has 0 aromatic carbocycles. The molecule has 10 heteroatoms. The lowest BCUT2D eigenvalue weighted by atomic mass is 10.1. The van der Waals surface area contributed by atoms with E-state index in [1.54, 1.807) is 0 Å². The fourth-order valence-corrected chi connectivity index (χ4v) is 2.60. The third kappa shape index (κ3) is 5.30. The van der Waals surface area contributed by atoms with Crippen LogP contribution in [0, 0.1) is 0 Å². The Labute approximate surface area is 143 Å². The topological polar surface area (TPSA) is 28.2 Å². The van der Waals surface area contributed by atoms with E-state index in [1.165, 1.54) is 17.0 Å². The summed E-state index contributed by atoms with van der Waals surface area (Å²) in [5, 5.41) is 2.90. The third-order valence-corrected chi connectivity index (χ3v) is 3.48. The minimum absolute atomic E-state index is 0. The third-order valence-electron chi connectivity index (χ3n) is 2.96. The van der Waals surface area contributed by atoms with Gasteiger partial charge in [-0.15, -0.1) is 24.8 Å². The Morgan fingerprint density at radius 3 is 2.19 bits per heavy atom. The molecular weight excluding hydrogens is 373 g/mol. The zero-order valence-corrected chi connectivity index (χ0v) is 13.8. The molecule has 1 N–H and O–H groups in total. The van der Waals surface area contributed by atoms with E-state index in [9.17, 15) is 13.2 Å². The molecular formula is C11H14Cl4F3N3. The van der Waals surface area contributed by atoms with Gasteiger partial charge in [-0.3, -0.25) is 4.90 Å². The van der Waals surface area contributed by atoms with E-state index in [0.29, 0.717) is 26.2 Å². The van der Waals surface area contributed by atoms with Gasteiger partial charge in [-0.1, -0.05) is 29.3 Å². The summed E-state index contributed by atoms with van der Waals surface area (Å²) in [6, 6.07) is 0.869. The summed E-state index contributed by atoms with van der Waals surface area (Å²) < 4.78 is 39.9. The van der Waals surface area contributed by atoms with Crippen molar-refractivity contribution in [2.75, 3.05) is 26.2 Å². The van der Waals surface area contributed by atoms with E-state index in [0.717, 1.165) is 0 Å². The summed E-state index contributed by atoms with van der Waals surface area (Å²) in [6.45, 7) is 1.66. The van der Waals surface area contributed by atoms with E-state index in [4.69, 9.17) is 23.2 Å². The van der Waals surface area contributed by atoms with Crippen LogP contribution in [-0.4, -0.2) is 42.2 Å². The van der Waals surface area contributed by atoms with E-state index in [-0.39, 0.29) is 40.7 Å². The second kappa shape index (κ2) is 8.60. The van der Waals surface area contributed by atoms with Gasteiger partial charge in [0.05, 0.1) is 0 Å². The summed E-state index contributed by atoms with van der Waals surface area (Å²) in [5.74, 6) is 0. The summed E-state index contributed by atoms with van der Waals surface area (Å²) in [6.07, 6.45) is -4.41. The summed E-state index contributed by atoms with van der Waals surface area (Å²) >= 11 is 11.4. The van der Waals surface area contributed by atoms with Gasteiger partial charge in [0.1, 0.15) is 16.3 Å². The van der Waals surface area contributed by atoms with Crippen LogP contribution < -0.4 is 5.32 Å². The Morgan fingerprint density at radius 1 is 1.14 bits per heavy atom. The first kappa shape index (κ1) is 21.0. The number of hydrogen-bond donors (Lipinski definition) is 1. The monoisotopic (exact) mass is 385 g/mol. The van der Waals surface area contributed by atoms with Gasteiger partial charge in [-0.05, 0) is 6.07 Å². The van der Waals surface area contributed by atoms with Crippen LogP contribution in [0.2, 0.25) is 10.3 Å². The number of halogens is 7. The molecule has 0 spiro atoms. The molecule has 0 aliphatic carbocycles. The van der Waals surface area contributed by atoms with Crippen LogP contribution in [0.25, 0.3) is 0 Å². The van der Waals surface area contributed by atoms with Gasteiger partial charge in [-0.2, -0.15) is 13.2 Å². The van der Waals surface area contributed by atoms with E-state index in [2.05, 4.69) is 10.3 Å². The molecule has 0 amide bonds. The average molecular weight is 387 g/mol. The van der Waals surface area contributed by atoms with Crippen molar-refractivity contribution in [2.45, 2.75) is 12.2 Å². The van der Waals surface area contributed by atoms with Crippen LogP contribution in [0.4, 0.5) is 13.2 Å². The van der Waals surface area contributed by atoms with E-state index < -0.39 is 12.2 Å². The molecule has 21 heavy (non-hydrogen) atoms. The fraction of sp³-hybridized carbons (Fsp3) is 0.545. The van der Waals surface area contributed by atoms with Crippen molar-refractivity contribution < 1.29 is 13.2 Å². The molecule has 1 aliphatic rings. The summed E-state index contributed by atoms with van der Waals surface area (Å²) in [7, 11) is 0. The highest BCUT2D eigenvalue weighted by Gasteiger charge is 2.46. The normalized spacial score (nSPS) is 17.6. The number of nitrogens with zero attached hydrogens (tertiary/aromatic N) is 2. The van der Waals surface area contributed by atoms with Crippen LogP contribution in [0.15, 0.2) is 12.1 Å². The average Bonchev–Trinajstić information content (AvgIpc) is 2.32. The molecule has 0 bridgehead atoms. The minimum Gasteiger partial charge on any atom is -0.314 e. The number of alkyl halides is 3. The van der Waals surface area contributed by atoms with Crippen molar-refractivity contribution >= 4 is 48.0 Å². The van der Waals surface area contributed by atoms with Crippen molar-refractivity contribution in [1.29, 1.82) is 0 Å². The molecule has 1 saturated heterocycles. The minimum atomic E-state index is -4.41. The second-order valence-electron chi connectivity index (χ2n) is 4.24. The van der Waals surface area contributed by atoms with Gasteiger partial charge >= 0.3 is 6.18 Å². The zero-order chi connectivity index (χ0) is 14.0. The first-order valence-electron chi connectivity index (χ1n) is 5.73. The lowest BCUT2D eigenvalue weighted by Crippen LogP contribution is -2.49. The summed E-state index contributed by atoms with van der Waals surface area (Å²) in [4.78, 5) is 5.05. The highest BCUT2D eigenvalue weighted by atomic mass is 35.5. The molecule has 1 fully saturated rings. The maximum absolute atomic E-state index is 13.3. The lowest BCUT2D eigenvalue weighted by Gasteiger charge is -2.36. The molecule has 1 aliphatic heterocycles. The van der Waals surface area contributed by atoms with Gasteiger partial charge in [-0.25, -0.2) is 4.98 Å². The molecule has 0 saturated carbocycles. The van der Waals surface area contributed by atoms with Crippen LogP contribution in [0.5, 0.6) is 0 Å². The molecule has 1 aromatic rings. The maximum atomic E-state index is 13.3. The first-order chi connectivity index (χ1) is 8.89. The van der Waals surface area contributed by atoms with Crippen molar-refractivity contribution in [2.24, 2.45) is 0 Å². The SMILES string of the molecule is Cl.Cl.FC(F)(F)[C@H](c1ccc(Cl)nc1Cl)N1CCNCC1. The molecule has 1 aromatic heterocycles. The number of aromatic nitrogens is 1. The number of hydrogen-bond acceptors (Lipinski definition) is 3. The zero-order valence-electron chi connectivity index (χ0n) is 10.7. The van der Waals surface area contributed by atoms with Crippen LogP contribution in [0.1, 0.15) is 11.6 Å². The predicted octanol–water partition coefficient (Wildman–Crippen LogP) is 3.74. The van der Waals surface area contributed by atoms with Crippen LogP contribution in [-0.2, 0) is 0 Å². The molecule has 0 radical (unpaired) electrons. The van der Waals surface area contributed by atoms with Gasteiger partial charge in [0.15, 0.2) is 0 Å². The molecule has 0 unspecified atom stereocenters. The Bertz CT molecular complexity index is 453. The molecule has 122 valence electrons. The second-order valence-corrected chi connectivity index (χ2v) is 4.99. The standard InChI is InChI=1S/C11H12Cl2F3N3.2ClH/c12-8-2-1-7(10(13)18-8)9(11(14,15)16)19-5-3-17-4-6-19;;/h1-2,9,17H,3-6H2;2*1H/t9-;;/m0../s1. The van der Waals surface area contributed by atoms with Gasteiger partial charge in [0, 0.05) is 31.7 Å². The molecule has 1 atom stereocenters. The van der Waals surface area contributed by atoms with E-state index >= 15 is 0 Å². The Morgan fingerprint density at radius 2 is 1.71 bits per heavy atom. The largest absolute Gasteiger partial charge is 0.408 e. The molecule has 3 nitrogen and oxygen atoms in total. The smallest absolute Gasteiger partial charge is 0.314 e. The molecule has 2 heterocycles. The number of piperazine rings is 1. The Hall–Kier alpha value is 0.0200. The van der Waals surface area contributed by atoms with Crippen molar-refractivity contribution in [3.05, 3.63) is 28.0 Å². The van der Waals surface area contributed by atoms with Crippen molar-refractivity contribution in [3.63, 3.8) is 0 Å². The maximum Gasteiger partial charge on any atom is 0.408 e. The van der Waals surface area contributed by atoms with Crippen LogP contribution >= 0.6 is 48.0 Å². The Kier molecular flexibility index (Phi) is 8.61. The highest BCUT2D eigenvalue weighted by molar-refractivity contribution is 6.32. The number of pyridine rings is 1. The molecule has 2 rings (SSSR count). The van der Waals surface area contributed by atoms with Gasteiger partial charge in [0.2, 0.25) is 0 Å². The van der Waals surface area contributed by atoms with E-state index in [1.807, 2.05) is 0 Å². The first-order valence-corrected chi connectivity index (χ1v) is 6.48. The van der Waals surface area contributed by atoms with Gasteiger partial charge < -0.3 is 5.32 Å². The summed E-state index contributed by atoms with van der Waals surface area (Å²) in [5.41, 5.74) is -0.0551. The number of nitrogens with one attached hydrogen (secondary N) is 1. The predicted molar refractivity (Wildman–Crippen MR) is 82.0 cm³/mol. The van der Waals surface area contributed by atoms with Crippen molar-refractivity contribution in [1.82, 2.24) is 15.2 Å². The lowest BCUT2D eigenvalue weighted by molar-refractivity contribution is -0.187. The van der Waals surface area contributed by atoms with Crippen molar-refractivity contribution in [3.8, 4) is 0 Å². The Balaban J connectivity index is 0.00000200. The highest BCUT2D eigenvalue weighted by Crippen LogP contribution is 2.40. The van der Waals surface area contributed by atoms with Crippen LogP contribution in [0.3, 0.4) is 0 Å². The van der Waals surface area contributed by atoms with Gasteiger partial charge in [0.25, 0.3) is 0 Å². The quantitative estimate of drug-likeness (QED) is 0.784. The number of rotatable bonds is 2. The fourth-order valence-electron chi connectivity index (χ4n) is 2.15.